The number of Topliss-reactive ketones (excluding diaryl/α,β-unsaturated/α-hetero) is 1. The quantitative estimate of drug-likeness (QED) is 0.534. The van der Waals surface area contributed by atoms with Crippen molar-refractivity contribution >= 4 is 29.0 Å². The maximum atomic E-state index is 12.9. The van der Waals surface area contributed by atoms with Crippen LogP contribution in [-0.4, -0.2) is 59.8 Å². The first-order valence-electron chi connectivity index (χ1n) is 9.86. The van der Waals surface area contributed by atoms with Crippen molar-refractivity contribution < 1.29 is 19.1 Å². The molecule has 8 heteroatoms. The number of carbonyl (C=O) groups is 3. The van der Waals surface area contributed by atoms with Gasteiger partial charge in [-0.2, -0.15) is 0 Å². The van der Waals surface area contributed by atoms with E-state index in [9.17, 15) is 14.4 Å². The lowest BCUT2D eigenvalue weighted by atomic mass is 10.0. The highest BCUT2D eigenvalue weighted by Crippen LogP contribution is 2.21. The molecular weight excluding hydrogens is 390 g/mol. The lowest BCUT2D eigenvalue weighted by Gasteiger charge is -2.31. The zero-order valence-electron chi connectivity index (χ0n) is 17.0. The van der Waals surface area contributed by atoms with Crippen LogP contribution in [-0.2, 0) is 4.74 Å². The normalized spacial score (nSPS) is 15.3. The van der Waals surface area contributed by atoms with Crippen molar-refractivity contribution in [2.45, 2.75) is 39.7 Å². The second-order valence-corrected chi connectivity index (χ2v) is 8.22. The number of carbonyl (C=O) groups excluding carboxylic acids is 3. The molecule has 0 spiro atoms. The van der Waals surface area contributed by atoms with Gasteiger partial charge >= 0.3 is 5.97 Å². The molecule has 1 fully saturated rings. The number of hydrogen-bond acceptors (Lipinski definition) is 6. The smallest absolute Gasteiger partial charge is 0.355 e. The van der Waals surface area contributed by atoms with Crippen LogP contribution in [0.4, 0.5) is 0 Å². The number of piperidine rings is 1. The maximum Gasteiger partial charge on any atom is 0.355 e. The molecule has 0 aliphatic carbocycles. The Morgan fingerprint density at radius 1 is 1.28 bits per heavy atom. The lowest BCUT2D eigenvalue weighted by molar-refractivity contribution is 0.0519. The molecule has 2 aromatic heterocycles. The molecule has 156 valence electrons. The van der Waals surface area contributed by atoms with Gasteiger partial charge in [0.25, 0.3) is 5.91 Å². The first-order chi connectivity index (χ1) is 13.9. The molecule has 0 unspecified atom stereocenters. The number of aromatic amines is 1. The van der Waals surface area contributed by atoms with Gasteiger partial charge in [-0.15, -0.1) is 11.3 Å². The largest absolute Gasteiger partial charge is 0.461 e. The number of aromatic nitrogens is 1. The Labute approximate surface area is 174 Å². The summed E-state index contributed by atoms with van der Waals surface area (Å²) in [6.07, 6.45) is 1.62. The van der Waals surface area contributed by atoms with Crippen molar-refractivity contribution in [3.05, 3.63) is 44.9 Å². The summed E-state index contributed by atoms with van der Waals surface area (Å²) in [6.45, 7) is 7.40. The summed E-state index contributed by atoms with van der Waals surface area (Å²) >= 11 is 1.43. The van der Waals surface area contributed by atoms with E-state index in [4.69, 9.17) is 4.74 Å². The highest BCUT2D eigenvalue weighted by atomic mass is 32.1. The van der Waals surface area contributed by atoms with Gasteiger partial charge in [-0.1, -0.05) is 6.07 Å². The number of rotatable bonds is 7. The van der Waals surface area contributed by atoms with Crippen molar-refractivity contribution in [2.24, 2.45) is 0 Å². The predicted molar refractivity (Wildman–Crippen MR) is 112 cm³/mol. The standard InChI is InChI=1S/C21H27N3O4S/c1-4-28-21(27)19-13(2)18(14(3)22-19)16(25)12-24-9-7-15(8-10-24)23-20(26)17-6-5-11-29-17/h5-6,11,15,22H,4,7-10,12H2,1-3H3,(H,23,26). The number of nitrogens with one attached hydrogen (secondary N) is 2. The fraction of sp³-hybridized carbons (Fsp3) is 0.476. The molecule has 0 radical (unpaired) electrons. The minimum atomic E-state index is -0.436. The van der Waals surface area contributed by atoms with Gasteiger partial charge in [-0.3, -0.25) is 14.5 Å². The van der Waals surface area contributed by atoms with Crippen LogP contribution in [0.3, 0.4) is 0 Å². The molecule has 0 saturated carbocycles. The van der Waals surface area contributed by atoms with Gasteiger partial charge in [0.15, 0.2) is 5.78 Å². The first kappa shape index (κ1) is 21.3. The van der Waals surface area contributed by atoms with Crippen molar-refractivity contribution in [1.82, 2.24) is 15.2 Å². The Morgan fingerprint density at radius 2 is 2.00 bits per heavy atom. The van der Waals surface area contributed by atoms with E-state index in [2.05, 4.69) is 15.2 Å². The van der Waals surface area contributed by atoms with Crippen molar-refractivity contribution in [3.8, 4) is 0 Å². The van der Waals surface area contributed by atoms with E-state index < -0.39 is 5.97 Å². The summed E-state index contributed by atoms with van der Waals surface area (Å²) in [6, 6.07) is 3.81. The van der Waals surface area contributed by atoms with Crippen LogP contribution in [0.5, 0.6) is 0 Å². The minimum absolute atomic E-state index is 0.00660. The molecule has 3 heterocycles. The maximum absolute atomic E-state index is 12.9. The average Bonchev–Trinajstić information content (AvgIpc) is 3.32. The van der Waals surface area contributed by atoms with Gasteiger partial charge < -0.3 is 15.0 Å². The number of ether oxygens (including phenoxy) is 1. The molecule has 2 aromatic rings. The third kappa shape index (κ3) is 4.94. The molecule has 2 N–H and O–H groups in total. The van der Waals surface area contributed by atoms with E-state index in [1.54, 1.807) is 20.8 Å². The molecule has 1 aliphatic heterocycles. The van der Waals surface area contributed by atoms with E-state index in [0.29, 0.717) is 29.1 Å². The number of aryl methyl sites for hydroxylation is 1. The SMILES string of the molecule is CCOC(=O)c1[nH]c(C)c(C(=O)CN2CCC(NC(=O)c3cccs3)CC2)c1C. The van der Waals surface area contributed by atoms with Crippen molar-refractivity contribution in [3.63, 3.8) is 0 Å². The van der Waals surface area contributed by atoms with Gasteiger partial charge in [0, 0.05) is 30.4 Å². The molecule has 0 aromatic carbocycles. The van der Waals surface area contributed by atoms with Crippen LogP contribution in [0.1, 0.15) is 61.5 Å². The number of nitrogens with zero attached hydrogens (tertiary/aromatic N) is 1. The van der Waals surface area contributed by atoms with Crippen molar-refractivity contribution in [1.29, 1.82) is 0 Å². The van der Waals surface area contributed by atoms with Gasteiger partial charge in [0.1, 0.15) is 5.69 Å². The Hall–Kier alpha value is -2.45. The Morgan fingerprint density at radius 3 is 2.62 bits per heavy atom. The lowest BCUT2D eigenvalue weighted by Crippen LogP contribution is -2.45. The summed E-state index contributed by atoms with van der Waals surface area (Å²) in [5.74, 6) is -0.470. The highest BCUT2D eigenvalue weighted by molar-refractivity contribution is 7.12. The van der Waals surface area contributed by atoms with Gasteiger partial charge in [-0.05, 0) is 50.6 Å². The van der Waals surface area contributed by atoms with E-state index in [0.717, 1.165) is 30.8 Å². The van der Waals surface area contributed by atoms with Crippen LogP contribution in [0.15, 0.2) is 17.5 Å². The molecule has 3 rings (SSSR count). The highest BCUT2D eigenvalue weighted by Gasteiger charge is 2.26. The summed E-state index contributed by atoms with van der Waals surface area (Å²) < 4.78 is 5.05. The Bertz CT molecular complexity index is 880. The third-order valence-electron chi connectivity index (χ3n) is 5.23. The van der Waals surface area contributed by atoms with E-state index in [1.165, 1.54) is 11.3 Å². The summed E-state index contributed by atoms with van der Waals surface area (Å²) in [5, 5.41) is 4.97. The number of esters is 1. The zero-order valence-corrected chi connectivity index (χ0v) is 17.9. The second kappa shape index (κ2) is 9.37. The average molecular weight is 418 g/mol. The molecule has 1 saturated heterocycles. The molecular formula is C21H27N3O4S. The zero-order chi connectivity index (χ0) is 21.0. The van der Waals surface area contributed by atoms with Crippen LogP contribution < -0.4 is 5.32 Å². The number of amides is 1. The van der Waals surface area contributed by atoms with Gasteiger partial charge in [-0.25, -0.2) is 4.79 Å². The van der Waals surface area contributed by atoms with Gasteiger partial charge in [0.2, 0.25) is 0 Å². The molecule has 0 bridgehead atoms. The third-order valence-corrected chi connectivity index (χ3v) is 6.10. The molecule has 29 heavy (non-hydrogen) atoms. The molecule has 1 amide bonds. The number of likely N-dealkylation sites (tertiary alicyclic amines) is 1. The van der Waals surface area contributed by atoms with E-state index in [-0.39, 0.29) is 24.3 Å². The second-order valence-electron chi connectivity index (χ2n) is 7.27. The van der Waals surface area contributed by atoms with E-state index in [1.807, 2.05) is 17.5 Å². The predicted octanol–water partition coefficient (Wildman–Crippen LogP) is 2.95. The van der Waals surface area contributed by atoms with E-state index >= 15 is 0 Å². The monoisotopic (exact) mass is 417 g/mol. The Balaban J connectivity index is 1.55. The van der Waals surface area contributed by atoms with Crippen LogP contribution in [0.25, 0.3) is 0 Å². The first-order valence-corrected chi connectivity index (χ1v) is 10.7. The van der Waals surface area contributed by atoms with Crippen molar-refractivity contribution in [2.75, 3.05) is 26.2 Å². The molecule has 0 atom stereocenters. The minimum Gasteiger partial charge on any atom is -0.461 e. The van der Waals surface area contributed by atoms with Crippen LogP contribution in [0, 0.1) is 13.8 Å². The number of thiophene rings is 1. The fourth-order valence-corrected chi connectivity index (χ4v) is 4.38. The van der Waals surface area contributed by atoms with Crippen LogP contribution in [0.2, 0.25) is 0 Å². The number of H-pyrrole nitrogens is 1. The van der Waals surface area contributed by atoms with Crippen LogP contribution >= 0.6 is 11.3 Å². The summed E-state index contributed by atoms with van der Waals surface area (Å²) in [5.41, 5.74) is 2.25. The van der Waals surface area contributed by atoms with Gasteiger partial charge in [0.05, 0.1) is 18.0 Å². The molecule has 1 aliphatic rings. The molecule has 7 nitrogen and oxygen atoms in total. The summed E-state index contributed by atoms with van der Waals surface area (Å²) in [7, 11) is 0. The summed E-state index contributed by atoms with van der Waals surface area (Å²) in [4.78, 5) is 42.9. The number of ketones is 1. The fourth-order valence-electron chi connectivity index (χ4n) is 3.76. The Kier molecular flexibility index (Phi) is 6.87. The topological polar surface area (TPSA) is 91.5 Å². The number of hydrogen-bond donors (Lipinski definition) is 2.